The Morgan fingerprint density at radius 3 is 2.47 bits per heavy atom. The van der Waals surface area contributed by atoms with Gasteiger partial charge in [-0.05, 0) is 36.9 Å². The summed E-state index contributed by atoms with van der Waals surface area (Å²) in [5, 5.41) is 15.7. The van der Waals surface area contributed by atoms with Crippen molar-refractivity contribution in [2.24, 2.45) is 7.05 Å². The van der Waals surface area contributed by atoms with Crippen LogP contribution in [0.3, 0.4) is 0 Å². The zero-order valence-corrected chi connectivity index (χ0v) is 12.5. The Bertz CT molecular complexity index is 531. The van der Waals surface area contributed by atoms with Gasteiger partial charge in [-0.3, -0.25) is 0 Å². The predicted octanol–water partition coefficient (Wildman–Crippen LogP) is 1.88. The SMILES string of the molecule is CNC(CSc1nnnn1C)c1cc(C)cc(C)c1. The molecule has 0 radical (unpaired) electrons. The minimum atomic E-state index is 0.292. The molecule has 1 atom stereocenters. The van der Waals surface area contributed by atoms with Gasteiger partial charge in [0.05, 0.1) is 0 Å². The first-order chi connectivity index (χ1) is 9.10. The fourth-order valence-electron chi connectivity index (χ4n) is 2.06. The average molecular weight is 277 g/mol. The molecule has 0 spiro atoms. The summed E-state index contributed by atoms with van der Waals surface area (Å²) >= 11 is 1.66. The molecule has 1 heterocycles. The highest BCUT2D eigenvalue weighted by molar-refractivity contribution is 7.99. The maximum Gasteiger partial charge on any atom is 0.209 e. The third kappa shape index (κ3) is 3.54. The molecule has 0 amide bonds. The molecule has 0 fully saturated rings. The molecule has 1 N–H and O–H groups in total. The number of aromatic nitrogens is 4. The van der Waals surface area contributed by atoms with Crippen molar-refractivity contribution in [2.75, 3.05) is 12.8 Å². The quantitative estimate of drug-likeness (QED) is 0.846. The van der Waals surface area contributed by atoms with Crippen molar-refractivity contribution < 1.29 is 0 Å². The first-order valence-electron chi connectivity index (χ1n) is 6.20. The van der Waals surface area contributed by atoms with Gasteiger partial charge in [-0.2, -0.15) is 0 Å². The molecule has 1 aromatic heterocycles. The Balaban J connectivity index is 2.09. The van der Waals surface area contributed by atoms with E-state index < -0.39 is 0 Å². The minimum absolute atomic E-state index is 0.292. The van der Waals surface area contributed by atoms with Crippen molar-refractivity contribution in [3.05, 3.63) is 34.9 Å². The molecule has 19 heavy (non-hydrogen) atoms. The van der Waals surface area contributed by atoms with Gasteiger partial charge >= 0.3 is 0 Å². The molecule has 0 bridgehead atoms. The highest BCUT2D eigenvalue weighted by atomic mass is 32.2. The summed E-state index contributed by atoms with van der Waals surface area (Å²) in [6, 6.07) is 6.93. The van der Waals surface area contributed by atoms with E-state index in [1.54, 1.807) is 16.4 Å². The molecule has 1 aromatic carbocycles. The molecule has 0 saturated heterocycles. The molecule has 0 aliphatic heterocycles. The Morgan fingerprint density at radius 1 is 1.26 bits per heavy atom. The Hall–Kier alpha value is -1.40. The van der Waals surface area contributed by atoms with E-state index in [0.717, 1.165) is 10.9 Å². The number of hydrogen-bond donors (Lipinski definition) is 1. The smallest absolute Gasteiger partial charge is 0.209 e. The van der Waals surface area contributed by atoms with Gasteiger partial charge in [0.25, 0.3) is 0 Å². The summed E-state index contributed by atoms with van der Waals surface area (Å²) in [6.45, 7) is 4.26. The van der Waals surface area contributed by atoms with Crippen LogP contribution < -0.4 is 5.32 Å². The fraction of sp³-hybridized carbons (Fsp3) is 0.462. The molecule has 6 heteroatoms. The van der Waals surface area contributed by atoms with Crippen LogP contribution in [0.5, 0.6) is 0 Å². The number of benzene rings is 1. The van der Waals surface area contributed by atoms with Gasteiger partial charge in [0.1, 0.15) is 0 Å². The monoisotopic (exact) mass is 277 g/mol. The fourth-order valence-corrected chi connectivity index (χ4v) is 3.05. The van der Waals surface area contributed by atoms with Crippen LogP contribution in [-0.4, -0.2) is 33.0 Å². The van der Waals surface area contributed by atoms with Gasteiger partial charge in [0.15, 0.2) is 0 Å². The zero-order chi connectivity index (χ0) is 13.8. The summed E-state index contributed by atoms with van der Waals surface area (Å²) < 4.78 is 1.69. The van der Waals surface area contributed by atoms with Gasteiger partial charge in [0.2, 0.25) is 5.16 Å². The predicted molar refractivity (Wildman–Crippen MR) is 77.2 cm³/mol. The van der Waals surface area contributed by atoms with E-state index in [1.807, 2.05) is 14.1 Å². The molecule has 0 aliphatic rings. The average Bonchev–Trinajstić information content (AvgIpc) is 2.75. The topological polar surface area (TPSA) is 55.6 Å². The van der Waals surface area contributed by atoms with Gasteiger partial charge in [-0.25, -0.2) is 4.68 Å². The summed E-state index contributed by atoms with van der Waals surface area (Å²) in [4.78, 5) is 0. The van der Waals surface area contributed by atoms with Crippen LogP contribution in [0.25, 0.3) is 0 Å². The largest absolute Gasteiger partial charge is 0.312 e. The number of aryl methyl sites for hydroxylation is 3. The molecule has 0 saturated carbocycles. The van der Waals surface area contributed by atoms with Gasteiger partial charge in [-0.1, -0.05) is 41.1 Å². The van der Waals surface area contributed by atoms with Crippen molar-refractivity contribution in [1.82, 2.24) is 25.5 Å². The molecule has 5 nitrogen and oxygen atoms in total. The summed E-state index contributed by atoms with van der Waals surface area (Å²) in [5.41, 5.74) is 3.89. The number of thioether (sulfide) groups is 1. The van der Waals surface area contributed by atoms with Crippen LogP contribution in [0.2, 0.25) is 0 Å². The maximum absolute atomic E-state index is 3.99. The van der Waals surface area contributed by atoms with Gasteiger partial charge < -0.3 is 5.32 Å². The summed E-state index contributed by atoms with van der Waals surface area (Å²) in [7, 11) is 3.84. The lowest BCUT2D eigenvalue weighted by Crippen LogP contribution is -2.19. The molecule has 0 aliphatic carbocycles. The first kappa shape index (κ1) is 14.0. The molecule has 1 unspecified atom stereocenters. The molecule has 2 aromatic rings. The standard InChI is InChI=1S/C13H19N5S/c1-9-5-10(2)7-11(6-9)12(14-3)8-19-13-15-16-17-18(13)4/h5-7,12,14H,8H2,1-4H3. The lowest BCUT2D eigenvalue weighted by atomic mass is 10.0. The number of tetrazole rings is 1. The second kappa shape index (κ2) is 6.16. The maximum atomic E-state index is 3.99. The van der Waals surface area contributed by atoms with Crippen molar-refractivity contribution in [2.45, 2.75) is 25.0 Å². The number of nitrogens with one attached hydrogen (secondary N) is 1. The van der Waals surface area contributed by atoms with E-state index in [9.17, 15) is 0 Å². The van der Waals surface area contributed by atoms with Crippen LogP contribution >= 0.6 is 11.8 Å². The second-order valence-electron chi connectivity index (χ2n) is 4.66. The van der Waals surface area contributed by atoms with Crippen molar-refractivity contribution in [1.29, 1.82) is 0 Å². The van der Waals surface area contributed by atoms with Crippen molar-refractivity contribution >= 4 is 11.8 Å². The Kier molecular flexibility index (Phi) is 4.55. The Morgan fingerprint density at radius 2 is 1.95 bits per heavy atom. The zero-order valence-electron chi connectivity index (χ0n) is 11.7. The normalized spacial score (nSPS) is 12.6. The Labute approximate surface area is 117 Å². The molecule has 2 rings (SSSR count). The van der Waals surface area contributed by atoms with E-state index in [-0.39, 0.29) is 0 Å². The third-order valence-electron chi connectivity index (χ3n) is 2.96. The summed E-state index contributed by atoms with van der Waals surface area (Å²) in [6.07, 6.45) is 0. The first-order valence-corrected chi connectivity index (χ1v) is 7.19. The number of hydrogen-bond acceptors (Lipinski definition) is 5. The van der Waals surface area contributed by atoms with Crippen LogP contribution in [-0.2, 0) is 7.05 Å². The van der Waals surface area contributed by atoms with E-state index in [1.165, 1.54) is 16.7 Å². The van der Waals surface area contributed by atoms with Crippen molar-refractivity contribution in [3.63, 3.8) is 0 Å². The highest BCUT2D eigenvalue weighted by Gasteiger charge is 2.12. The van der Waals surface area contributed by atoms with Crippen LogP contribution in [0.4, 0.5) is 0 Å². The highest BCUT2D eigenvalue weighted by Crippen LogP contribution is 2.23. The van der Waals surface area contributed by atoms with Gasteiger partial charge in [-0.15, -0.1) is 5.10 Å². The van der Waals surface area contributed by atoms with E-state index in [2.05, 4.69) is 52.9 Å². The lowest BCUT2D eigenvalue weighted by molar-refractivity contribution is 0.648. The second-order valence-corrected chi connectivity index (χ2v) is 5.65. The van der Waals surface area contributed by atoms with E-state index in [0.29, 0.717) is 6.04 Å². The van der Waals surface area contributed by atoms with E-state index >= 15 is 0 Å². The third-order valence-corrected chi connectivity index (χ3v) is 4.06. The van der Waals surface area contributed by atoms with Crippen LogP contribution in [0, 0.1) is 13.8 Å². The summed E-state index contributed by atoms with van der Waals surface area (Å²) in [5.74, 6) is 0.896. The van der Waals surface area contributed by atoms with Crippen LogP contribution in [0.15, 0.2) is 23.4 Å². The number of nitrogens with zero attached hydrogens (tertiary/aromatic N) is 4. The lowest BCUT2D eigenvalue weighted by Gasteiger charge is -2.17. The minimum Gasteiger partial charge on any atom is -0.312 e. The molecular weight excluding hydrogens is 258 g/mol. The number of rotatable bonds is 5. The van der Waals surface area contributed by atoms with Crippen molar-refractivity contribution in [3.8, 4) is 0 Å². The molecular formula is C13H19N5S. The van der Waals surface area contributed by atoms with E-state index in [4.69, 9.17) is 0 Å². The molecule has 102 valence electrons. The van der Waals surface area contributed by atoms with Crippen LogP contribution in [0.1, 0.15) is 22.7 Å². The van der Waals surface area contributed by atoms with Gasteiger partial charge in [0, 0.05) is 18.8 Å².